The lowest BCUT2D eigenvalue weighted by atomic mass is 9.84. The fourth-order valence-corrected chi connectivity index (χ4v) is 3.46. The van der Waals surface area contributed by atoms with Gasteiger partial charge in [0.2, 0.25) is 0 Å². The Bertz CT molecular complexity index is 641. The van der Waals surface area contributed by atoms with Crippen LogP contribution in [0.2, 0.25) is 5.02 Å². The number of benzene rings is 2. The van der Waals surface area contributed by atoms with Gasteiger partial charge in [0.15, 0.2) is 0 Å². The molecule has 0 heterocycles. The van der Waals surface area contributed by atoms with E-state index in [4.69, 9.17) is 11.6 Å². The lowest BCUT2D eigenvalue weighted by molar-refractivity contribution is 0.426. The molecule has 0 radical (unpaired) electrons. The van der Waals surface area contributed by atoms with Crippen LogP contribution in [0.25, 0.3) is 0 Å². The third-order valence-electron chi connectivity index (χ3n) is 4.51. The molecule has 116 valence electrons. The largest absolute Gasteiger partial charge is 0.506 e. The summed E-state index contributed by atoms with van der Waals surface area (Å²) >= 11 is 6.10. The van der Waals surface area contributed by atoms with E-state index in [0.717, 1.165) is 31.0 Å². The Morgan fingerprint density at radius 2 is 1.91 bits per heavy atom. The number of phenols is 1. The van der Waals surface area contributed by atoms with Gasteiger partial charge in [0.1, 0.15) is 5.75 Å². The Morgan fingerprint density at radius 1 is 1.09 bits per heavy atom. The highest BCUT2D eigenvalue weighted by Gasteiger charge is 2.17. The molecule has 2 aromatic carbocycles. The summed E-state index contributed by atoms with van der Waals surface area (Å²) in [5.41, 5.74) is 4.03. The molecule has 1 unspecified atom stereocenters. The van der Waals surface area contributed by atoms with Crippen LogP contribution in [0.1, 0.15) is 23.1 Å². The zero-order valence-electron chi connectivity index (χ0n) is 12.7. The second-order valence-electron chi connectivity index (χ2n) is 6.08. The van der Waals surface area contributed by atoms with Crippen molar-refractivity contribution in [2.45, 2.75) is 25.7 Å². The van der Waals surface area contributed by atoms with Gasteiger partial charge < -0.3 is 10.4 Å². The van der Waals surface area contributed by atoms with Crippen LogP contribution in [0, 0.1) is 5.92 Å². The molecule has 0 saturated carbocycles. The number of hydrogen-bond donors (Lipinski definition) is 2. The molecule has 1 atom stereocenters. The molecule has 0 saturated heterocycles. The molecule has 0 amide bonds. The number of aryl methyl sites for hydroxylation is 1. The van der Waals surface area contributed by atoms with Crippen LogP contribution in [-0.4, -0.2) is 18.2 Å². The number of rotatable bonds is 5. The number of halogens is 1. The highest BCUT2D eigenvalue weighted by molar-refractivity contribution is 6.32. The van der Waals surface area contributed by atoms with Crippen molar-refractivity contribution in [1.82, 2.24) is 5.32 Å². The number of hydrogen-bond acceptors (Lipinski definition) is 2. The minimum atomic E-state index is 0.169. The summed E-state index contributed by atoms with van der Waals surface area (Å²) in [6.07, 6.45) is 4.48. The van der Waals surface area contributed by atoms with Gasteiger partial charge in [0, 0.05) is 0 Å². The number of fused-ring (bicyclic) bond motifs is 1. The fourth-order valence-electron chi connectivity index (χ4n) is 3.24. The lowest BCUT2D eigenvalue weighted by Gasteiger charge is -2.24. The van der Waals surface area contributed by atoms with Crippen molar-refractivity contribution >= 4 is 11.6 Å². The van der Waals surface area contributed by atoms with Gasteiger partial charge in [-0.05, 0) is 67.4 Å². The van der Waals surface area contributed by atoms with Gasteiger partial charge in [-0.1, -0.05) is 48.0 Å². The van der Waals surface area contributed by atoms with Gasteiger partial charge in [-0.15, -0.1) is 0 Å². The molecule has 22 heavy (non-hydrogen) atoms. The molecule has 0 spiro atoms. The molecule has 1 aliphatic carbocycles. The summed E-state index contributed by atoms with van der Waals surface area (Å²) in [5, 5.41) is 13.6. The van der Waals surface area contributed by atoms with E-state index in [1.54, 1.807) is 6.07 Å². The van der Waals surface area contributed by atoms with Crippen molar-refractivity contribution < 1.29 is 5.11 Å². The minimum absolute atomic E-state index is 0.169. The van der Waals surface area contributed by atoms with E-state index < -0.39 is 0 Å². The Balaban J connectivity index is 1.45. The average Bonchev–Trinajstić information content (AvgIpc) is 2.55. The smallest absolute Gasteiger partial charge is 0.134 e. The van der Waals surface area contributed by atoms with Crippen LogP contribution in [0.4, 0.5) is 0 Å². The molecule has 0 aliphatic heterocycles. The molecule has 3 rings (SSSR count). The molecule has 1 aliphatic rings. The van der Waals surface area contributed by atoms with Gasteiger partial charge in [-0.25, -0.2) is 0 Å². The summed E-state index contributed by atoms with van der Waals surface area (Å²) < 4.78 is 0. The number of phenolic OH excluding ortho intramolecular Hbond substituents is 1. The number of aromatic hydroxyl groups is 1. The first-order chi connectivity index (χ1) is 10.7. The zero-order valence-corrected chi connectivity index (χ0v) is 13.4. The van der Waals surface area contributed by atoms with E-state index in [1.807, 2.05) is 12.1 Å². The predicted octanol–water partition coefficient (Wildman–Crippen LogP) is 3.98. The standard InChI is InChI=1S/C19H22ClNO/c20-19-16(6-3-7-18(19)22)10-11-21-13-14-8-9-15-4-1-2-5-17(15)12-14/h1-7,14,21-22H,8-13H2. The van der Waals surface area contributed by atoms with Crippen LogP contribution >= 0.6 is 11.6 Å². The Hall–Kier alpha value is -1.51. The van der Waals surface area contributed by atoms with Gasteiger partial charge >= 0.3 is 0 Å². The molecule has 3 heteroatoms. The molecular formula is C19H22ClNO. The summed E-state index contributed by atoms with van der Waals surface area (Å²) in [6, 6.07) is 14.2. The summed E-state index contributed by atoms with van der Waals surface area (Å²) in [5.74, 6) is 0.887. The van der Waals surface area contributed by atoms with E-state index in [0.29, 0.717) is 5.02 Å². The van der Waals surface area contributed by atoms with E-state index in [2.05, 4.69) is 29.6 Å². The van der Waals surface area contributed by atoms with E-state index >= 15 is 0 Å². The average molecular weight is 316 g/mol. The second-order valence-corrected chi connectivity index (χ2v) is 6.46. The van der Waals surface area contributed by atoms with Crippen molar-refractivity contribution in [3.8, 4) is 5.75 Å². The van der Waals surface area contributed by atoms with Crippen molar-refractivity contribution in [3.63, 3.8) is 0 Å². The third-order valence-corrected chi connectivity index (χ3v) is 4.95. The van der Waals surface area contributed by atoms with Gasteiger partial charge in [-0.2, -0.15) is 0 Å². The zero-order chi connectivity index (χ0) is 15.4. The Morgan fingerprint density at radius 3 is 2.77 bits per heavy atom. The quantitative estimate of drug-likeness (QED) is 0.818. The molecule has 0 fully saturated rings. The monoisotopic (exact) mass is 315 g/mol. The van der Waals surface area contributed by atoms with Gasteiger partial charge in [0.05, 0.1) is 5.02 Å². The van der Waals surface area contributed by atoms with Crippen molar-refractivity contribution in [3.05, 3.63) is 64.2 Å². The highest BCUT2D eigenvalue weighted by Crippen LogP contribution is 2.27. The fraction of sp³-hybridized carbons (Fsp3) is 0.368. The second kappa shape index (κ2) is 7.17. The first-order valence-corrected chi connectivity index (χ1v) is 8.35. The molecule has 0 bridgehead atoms. The van der Waals surface area contributed by atoms with Crippen LogP contribution in [-0.2, 0) is 19.3 Å². The maximum atomic E-state index is 9.60. The summed E-state index contributed by atoms with van der Waals surface area (Å²) in [4.78, 5) is 0. The first-order valence-electron chi connectivity index (χ1n) is 7.98. The maximum Gasteiger partial charge on any atom is 0.134 e. The number of nitrogens with one attached hydrogen (secondary N) is 1. The Kier molecular flexibility index (Phi) is 5.01. The lowest BCUT2D eigenvalue weighted by Crippen LogP contribution is -2.28. The molecule has 2 N–H and O–H groups in total. The SMILES string of the molecule is Oc1cccc(CCNCC2CCc3ccccc3C2)c1Cl. The van der Waals surface area contributed by atoms with E-state index in [-0.39, 0.29) is 5.75 Å². The topological polar surface area (TPSA) is 32.3 Å². The maximum absolute atomic E-state index is 9.60. The summed E-state index contributed by atoms with van der Waals surface area (Å²) in [7, 11) is 0. The first kappa shape index (κ1) is 15.4. The minimum Gasteiger partial charge on any atom is -0.506 e. The molecular weight excluding hydrogens is 294 g/mol. The van der Waals surface area contributed by atoms with Crippen LogP contribution in [0.5, 0.6) is 5.75 Å². The molecule has 2 nitrogen and oxygen atoms in total. The normalized spacial score (nSPS) is 17.2. The van der Waals surface area contributed by atoms with Gasteiger partial charge in [0.25, 0.3) is 0 Å². The predicted molar refractivity (Wildman–Crippen MR) is 91.6 cm³/mol. The van der Waals surface area contributed by atoms with Crippen LogP contribution in [0.15, 0.2) is 42.5 Å². The Labute approximate surface area is 137 Å². The molecule has 0 aromatic heterocycles. The van der Waals surface area contributed by atoms with E-state index in [1.165, 1.54) is 30.4 Å². The summed E-state index contributed by atoms with van der Waals surface area (Å²) in [6.45, 7) is 1.94. The van der Waals surface area contributed by atoms with Crippen LogP contribution in [0.3, 0.4) is 0 Å². The third kappa shape index (κ3) is 3.63. The molecule has 2 aromatic rings. The van der Waals surface area contributed by atoms with Crippen molar-refractivity contribution in [2.24, 2.45) is 5.92 Å². The van der Waals surface area contributed by atoms with E-state index in [9.17, 15) is 5.11 Å². The van der Waals surface area contributed by atoms with Crippen molar-refractivity contribution in [2.75, 3.05) is 13.1 Å². The van der Waals surface area contributed by atoms with Crippen molar-refractivity contribution in [1.29, 1.82) is 0 Å². The van der Waals surface area contributed by atoms with Crippen LogP contribution < -0.4 is 5.32 Å². The van der Waals surface area contributed by atoms with Gasteiger partial charge in [-0.3, -0.25) is 0 Å². The highest BCUT2D eigenvalue weighted by atomic mass is 35.5.